The fraction of sp³-hybridized carbons (Fsp3) is 0.294. The Morgan fingerprint density at radius 1 is 1.05 bits per heavy atom. The Hall–Kier alpha value is -2.20. The molecule has 2 aromatic rings. The molecule has 4 nitrogen and oxygen atoms in total. The predicted molar refractivity (Wildman–Crippen MR) is 79.8 cm³/mol. The van der Waals surface area contributed by atoms with E-state index in [9.17, 15) is 0 Å². The molecule has 0 unspecified atom stereocenters. The van der Waals surface area contributed by atoms with Crippen molar-refractivity contribution in [2.45, 2.75) is 12.3 Å². The third-order valence-corrected chi connectivity index (χ3v) is 3.81. The third kappa shape index (κ3) is 2.81. The fourth-order valence-electron chi connectivity index (χ4n) is 2.70. The molecule has 0 radical (unpaired) electrons. The normalized spacial score (nSPS) is 14.0. The van der Waals surface area contributed by atoms with Gasteiger partial charge in [0.2, 0.25) is 6.79 Å². The summed E-state index contributed by atoms with van der Waals surface area (Å²) in [6.07, 6.45) is 0.992. The first-order chi connectivity index (χ1) is 10.3. The van der Waals surface area contributed by atoms with E-state index in [1.807, 2.05) is 18.2 Å². The average molecular weight is 286 g/mol. The molecule has 1 aliphatic heterocycles. The number of rotatable bonds is 5. The Kier molecular flexibility index (Phi) is 3.97. The van der Waals surface area contributed by atoms with Gasteiger partial charge in [-0.15, -0.1) is 0 Å². The van der Waals surface area contributed by atoms with E-state index in [-0.39, 0.29) is 0 Å². The number of benzene rings is 2. The summed E-state index contributed by atoms with van der Waals surface area (Å²) < 4.78 is 16.1. The van der Waals surface area contributed by atoms with Gasteiger partial charge in [0.25, 0.3) is 0 Å². The number of hydrogen-bond donors (Lipinski definition) is 1. The van der Waals surface area contributed by atoms with Crippen LogP contribution in [0.15, 0.2) is 42.5 Å². The molecule has 1 heterocycles. The van der Waals surface area contributed by atoms with Crippen LogP contribution >= 0.6 is 0 Å². The van der Waals surface area contributed by atoms with Gasteiger partial charge >= 0.3 is 0 Å². The largest absolute Gasteiger partial charge is 0.497 e. The third-order valence-electron chi connectivity index (χ3n) is 3.81. The van der Waals surface area contributed by atoms with Crippen molar-refractivity contribution >= 4 is 0 Å². The number of hydrogen-bond acceptors (Lipinski definition) is 3. The summed E-state index contributed by atoms with van der Waals surface area (Å²) in [5.74, 6) is 2.83. The van der Waals surface area contributed by atoms with Crippen LogP contribution in [0.25, 0.3) is 0 Å². The number of quaternary nitrogens is 1. The second-order valence-electron chi connectivity index (χ2n) is 5.08. The summed E-state index contributed by atoms with van der Waals surface area (Å²) >= 11 is 0. The van der Waals surface area contributed by atoms with E-state index in [0.717, 1.165) is 30.2 Å². The molecular formula is C17H20NO3+. The molecule has 1 atom stereocenters. The van der Waals surface area contributed by atoms with Gasteiger partial charge in [-0.1, -0.05) is 18.2 Å². The Bertz CT molecular complexity index is 610. The van der Waals surface area contributed by atoms with Crippen LogP contribution in [0.2, 0.25) is 0 Å². The number of fused-ring (bicyclic) bond motifs is 1. The van der Waals surface area contributed by atoms with Crippen molar-refractivity contribution in [2.75, 3.05) is 20.4 Å². The molecule has 2 aromatic carbocycles. The van der Waals surface area contributed by atoms with E-state index in [1.165, 1.54) is 11.1 Å². The number of methoxy groups -OCH3 is 1. The first-order valence-electron chi connectivity index (χ1n) is 7.14. The van der Waals surface area contributed by atoms with Crippen LogP contribution in [0.1, 0.15) is 23.5 Å². The molecule has 0 aliphatic carbocycles. The molecule has 0 spiro atoms. The van der Waals surface area contributed by atoms with Gasteiger partial charge in [0.1, 0.15) is 5.75 Å². The average Bonchev–Trinajstić information content (AvgIpc) is 3.00. The van der Waals surface area contributed by atoms with Crippen LogP contribution in [0.5, 0.6) is 17.2 Å². The van der Waals surface area contributed by atoms with Gasteiger partial charge < -0.3 is 19.9 Å². The highest BCUT2D eigenvalue weighted by Gasteiger charge is 2.19. The lowest BCUT2D eigenvalue weighted by atomic mass is 9.88. The molecule has 3 N–H and O–H groups in total. The van der Waals surface area contributed by atoms with Crippen LogP contribution in [-0.4, -0.2) is 20.4 Å². The molecule has 4 heteroatoms. The molecule has 0 bridgehead atoms. The van der Waals surface area contributed by atoms with Crippen molar-refractivity contribution in [3.05, 3.63) is 53.6 Å². The molecule has 1 aliphatic rings. The summed E-state index contributed by atoms with van der Waals surface area (Å²) in [6, 6.07) is 14.4. The molecule has 0 saturated heterocycles. The predicted octanol–water partition coefficient (Wildman–Crippen LogP) is 2.19. The molecule has 110 valence electrons. The van der Waals surface area contributed by atoms with E-state index in [1.54, 1.807) is 7.11 Å². The molecule has 3 rings (SSSR count). The minimum absolute atomic E-state index is 0.307. The molecule has 0 fully saturated rings. The van der Waals surface area contributed by atoms with Gasteiger partial charge in [0.05, 0.1) is 13.7 Å². The van der Waals surface area contributed by atoms with Crippen LogP contribution < -0.4 is 19.9 Å². The summed E-state index contributed by atoms with van der Waals surface area (Å²) in [5, 5.41) is 0. The maximum Gasteiger partial charge on any atom is 0.231 e. The monoisotopic (exact) mass is 286 g/mol. The zero-order valence-corrected chi connectivity index (χ0v) is 12.2. The van der Waals surface area contributed by atoms with Gasteiger partial charge in [-0.25, -0.2) is 0 Å². The second kappa shape index (κ2) is 6.06. The van der Waals surface area contributed by atoms with Crippen molar-refractivity contribution in [2.24, 2.45) is 0 Å². The lowest BCUT2D eigenvalue weighted by molar-refractivity contribution is -0.368. The lowest BCUT2D eigenvalue weighted by Crippen LogP contribution is -2.50. The van der Waals surface area contributed by atoms with E-state index in [0.29, 0.717) is 12.7 Å². The van der Waals surface area contributed by atoms with Gasteiger partial charge in [-0.05, 0) is 35.4 Å². The molecule has 0 saturated carbocycles. The SMILES string of the molecule is COc1ccc([C@@H](CC[NH3+])c2ccc3c(c2)OCO3)cc1. The van der Waals surface area contributed by atoms with Crippen LogP contribution in [0.4, 0.5) is 0 Å². The maximum atomic E-state index is 5.48. The van der Waals surface area contributed by atoms with Crippen LogP contribution in [0.3, 0.4) is 0 Å². The van der Waals surface area contributed by atoms with Crippen molar-refractivity contribution in [1.82, 2.24) is 0 Å². The molecule has 0 amide bonds. The summed E-state index contributed by atoms with van der Waals surface area (Å²) in [7, 11) is 1.68. The Balaban J connectivity index is 1.93. The first kappa shape index (κ1) is 13.8. The Labute approximate surface area is 124 Å². The first-order valence-corrected chi connectivity index (χ1v) is 7.14. The maximum absolute atomic E-state index is 5.48. The van der Waals surface area contributed by atoms with E-state index in [2.05, 4.69) is 30.0 Å². The standard InChI is InChI=1S/C17H19NO3/c1-19-14-5-2-12(3-6-14)15(8-9-18)13-4-7-16-17(10-13)21-11-20-16/h2-7,10,15H,8-9,11,18H2,1H3/p+1/t15-/m1/s1. The topological polar surface area (TPSA) is 55.3 Å². The summed E-state index contributed by atoms with van der Waals surface area (Å²) in [5.41, 5.74) is 6.49. The van der Waals surface area contributed by atoms with E-state index in [4.69, 9.17) is 14.2 Å². The van der Waals surface area contributed by atoms with Gasteiger partial charge in [0.15, 0.2) is 11.5 Å². The van der Waals surface area contributed by atoms with Gasteiger partial charge in [-0.3, -0.25) is 0 Å². The highest BCUT2D eigenvalue weighted by Crippen LogP contribution is 2.37. The van der Waals surface area contributed by atoms with Crippen LogP contribution in [0, 0.1) is 0 Å². The zero-order valence-electron chi connectivity index (χ0n) is 12.2. The van der Waals surface area contributed by atoms with E-state index < -0.39 is 0 Å². The second-order valence-corrected chi connectivity index (χ2v) is 5.08. The van der Waals surface area contributed by atoms with Crippen molar-refractivity contribution < 1.29 is 19.9 Å². The van der Waals surface area contributed by atoms with Crippen molar-refractivity contribution in [3.8, 4) is 17.2 Å². The molecule has 0 aromatic heterocycles. The Morgan fingerprint density at radius 3 is 2.48 bits per heavy atom. The zero-order chi connectivity index (χ0) is 14.7. The molecule has 21 heavy (non-hydrogen) atoms. The van der Waals surface area contributed by atoms with Gasteiger partial charge in [0, 0.05) is 12.3 Å². The minimum atomic E-state index is 0.307. The summed E-state index contributed by atoms with van der Waals surface area (Å²) in [6.45, 7) is 1.19. The highest BCUT2D eigenvalue weighted by atomic mass is 16.7. The van der Waals surface area contributed by atoms with Crippen molar-refractivity contribution in [1.29, 1.82) is 0 Å². The highest BCUT2D eigenvalue weighted by molar-refractivity contribution is 5.47. The van der Waals surface area contributed by atoms with E-state index >= 15 is 0 Å². The quantitative estimate of drug-likeness (QED) is 0.916. The fourth-order valence-corrected chi connectivity index (χ4v) is 2.70. The summed E-state index contributed by atoms with van der Waals surface area (Å²) in [4.78, 5) is 0. The lowest BCUT2D eigenvalue weighted by Gasteiger charge is -2.17. The smallest absolute Gasteiger partial charge is 0.231 e. The minimum Gasteiger partial charge on any atom is -0.497 e. The molecular weight excluding hydrogens is 266 g/mol. The Morgan fingerprint density at radius 2 is 1.76 bits per heavy atom. The van der Waals surface area contributed by atoms with Crippen LogP contribution in [-0.2, 0) is 0 Å². The van der Waals surface area contributed by atoms with Crippen molar-refractivity contribution in [3.63, 3.8) is 0 Å². The van der Waals surface area contributed by atoms with Gasteiger partial charge in [-0.2, -0.15) is 0 Å². The number of ether oxygens (including phenoxy) is 3.